The first kappa shape index (κ1) is 21.3. The van der Waals surface area contributed by atoms with Crippen LogP contribution in [0.2, 0.25) is 10.0 Å². The molecule has 1 N–H and O–H groups in total. The van der Waals surface area contributed by atoms with Gasteiger partial charge < -0.3 is 14.8 Å². The van der Waals surface area contributed by atoms with Gasteiger partial charge in [0.15, 0.2) is 0 Å². The number of amides is 2. The van der Waals surface area contributed by atoms with Crippen molar-refractivity contribution in [1.82, 2.24) is 4.57 Å². The number of hydrogen-bond acceptors (Lipinski definition) is 2. The molecule has 0 saturated heterocycles. The minimum absolute atomic E-state index is 0.164. The largest absolute Gasteiger partial charge is 0.345 e. The molecule has 0 bridgehead atoms. The second kappa shape index (κ2) is 8.77. The summed E-state index contributed by atoms with van der Waals surface area (Å²) in [5.74, 6) is -0.535. The van der Waals surface area contributed by atoms with Gasteiger partial charge in [0.05, 0.1) is 27.8 Å². The van der Waals surface area contributed by atoms with Crippen molar-refractivity contribution in [3.63, 3.8) is 0 Å². The standard InChI is InChI=1S/C26H19Cl2N3O2/c27-21-9-3-2-8-20(21)25(32)29-23-12-11-17(14-22(23)28)26(33)31-16-19-7-5-13-30(19)15-18-6-1-4-10-24(18)31/h1-14H,15-16H2,(H,29,32). The summed E-state index contributed by atoms with van der Waals surface area (Å²) in [5.41, 5.74) is 4.18. The zero-order valence-electron chi connectivity index (χ0n) is 17.5. The van der Waals surface area contributed by atoms with Gasteiger partial charge >= 0.3 is 0 Å². The fourth-order valence-electron chi connectivity index (χ4n) is 4.01. The highest BCUT2D eigenvalue weighted by atomic mass is 35.5. The molecule has 1 aromatic heterocycles. The van der Waals surface area contributed by atoms with Gasteiger partial charge in [-0.2, -0.15) is 0 Å². The summed E-state index contributed by atoms with van der Waals surface area (Å²) >= 11 is 12.6. The van der Waals surface area contributed by atoms with Crippen LogP contribution in [0.4, 0.5) is 11.4 Å². The summed E-state index contributed by atoms with van der Waals surface area (Å²) in [6, 6.07) is 23.6. The number of nitrogens with zero attached hydrogens (tertiary/aromatic N) is 2. The summed E-state index contributed by atoms with van der Waals surface area (Å²) in [6.07, 6.45) is 2.02. The Labute approximate surface area is 201 Å². The van der Waals surface area contributed by atoms with E-state index in [0.29, 0.717) is 34.9 Å². The van der Waals surface area contributed by atoms with Crippen LogP contribution in [-0.2, 0) is 13.1 Å². The number of benzene rings is 3. The molecule has 1 aliphatic heterocycles. The molecule has 0 fully saturated rings. The smallest absolute Gasteiger partial charge is 0.258 e. The van der Waals surface area contributed by atoms with Crippen molar-refractivity contribution in [3.8, 4) is 0 Å². The van der Waals surface area contributed by atoms with Crippen molar-refractivity contribution < 1.29 is 9.59 Å². The number of aromatic nitrogens is 1. The molecular weight excluding hydrogens is 457 g/mol. The molecule has 0 atom stereocenters. The second-order valence-corrected chi connectivity index (χ2v) is 8.59. The summed E-state index contributed by atoms with van der Waals surface area (Å²) in [6.45, 7) is 1.15. The predicted octanol–water partition coefficient (Wildman–Crippen LogP) is 6.26. The van der Waals surface area contributed by atoms with E-state index in [0.717, 1.165) is 16.9 Å². The van der Waals surface area contributed by atoms with E-state index in [1.165, 1.54) is 0 Å². The topological polar surface area (TPSA) is 54.3 Å². The van der Waals surface area contributed by atoms with Gasteiger partial charge in [0.2, 0.25) is 0 Å². The molecule has 0 aliphatic carbocycles. The zero-order chi connectivity index (χ0) is 22.9. The van der Waals surface area contributed by atoms with Crippen molar-refractivity contribution in [2.24, 2.45) is 0 Å². The van der Waals surface area contributed by atoms with E-state index in [1.807, 2.05) is 42.6 Å². The Morgan fingerprint density at radius 1 is 0.818 bits per heavy atom. The van der Waals surface area contributed by atoms with Crippen molar-refractivity contribution >= 4 is 46.4 Å². The third-order valence-electron chi connectivity index (χ3n) is 5.69. The molecule has 5 rings (SSSR count). The molecule has 4 aromatic rings. The van der Waals surface area contributed by atoms with Gasteiger partial charge in [-0.05, 0) is 54.1 Å². The number of nitrogens with one attached hydrogen (secondary N) is 1. The van der Waals surface area contributed by atoms with Crippen LogP contribution in [-0.4, -0.2) is 16.4 Å². The molecule has 0 unspecified atom stereocenters. The number of carbonyl (C=O) groups is 2. The molecule has 0 radical (unpaired) electrons. The first-order chi connectivity index (χ1) is 16.0. The zero-order valence-corrected chi connectivity index (χ0v) is 19.0. The van der Waals surface area contributed by atoms with Gasteiger partial charge in [0, 0.05) is 29.7 Å². The van der Waals surface area contributed by atoms with E-state index in [9.17, 15) is 9.59 Å². The lowest BCUT2D eigenvalue weighted by Crippen LogP contribution is -2.30. The maximum atomic E-state index is 13.6. The Balaban J connectivity index is 1.43. The van der Waals surface area contributed by atoms with Crippen LogP contribution in [0.1, 0.15) is 32.0 Å². The van der Waals surface area contributed by atoms with Gasteiger partial charge in [-0.25, -0.2) is 0 Å². The highest BCUT2D eigenvalue weighted by Crippen LogP contribution is 2.31. The number of anilines is 2. The van der Waals surface area contributed by atoms with Crippen molar-refractivity contribution in [2.45, 2.75) is 13.1 Å². The highest BCUT2D eigenvalue weighted by Gasteiger charge is 2.25. The Morgan fingerprint density at radius 2 is 1.61 bits per heavy atom. The quantitative estimate of drug-likeness (QED) is 0.380. The van der Waals surface area contributed by atoms with Crippen molar-refractivity contribution in [1.29, 1.82) is 0 Å². The fraction of sp³-hybridized carbons (Fsp3) is 0.0769. The minimum atomic E-state index is -0.371. The number of fused-ring (bicyclic) bond motifs is 2. The summed E-state index contributed by atoms with van der Waals surface area (Å²) in [4.78, 5) is 27.9. The summed E-state index contributed by atoms with van der Waals surface area (Å²) in [5, 5.41) is 3.39. The lowest BCUT2D eigenvalue weighted by atomic mass is 10.1. The normalized spacial score (nSPS) is 12.5. The Bertz CT molecular complexity index is 1380. The molecule has 164 valence electrons. The molecule has 0 saturated carbocycles. The van der Waals surface area contributed by atoms with Gasteiger partial charge in [-0.3, -0.25) is 9.59 Å². The molecular formula is C26H19Cl2N3O2. The third kappa shape index (κ3) is 4.13. The molecule has 0 spiro atoms. The van der Waals surface area contributed by atoms with Crippen LogP contribution in [0.15, 0.2) is 85.1 Å². The Kier molecular flexibility index (Phi) is 5.67. The Hall–Kier alpha value is -3.54. The molecule has 5 nitrogen and oxygen atoms in total. The maximum Gasteiger partial charge on any atom is 0.258 e. The molecule has 7 heteroatoms. The van der Waals surface area contributed by atoms with E-state index in [1.54, 1.807) is 47.4 Å². The van der Waals surface area contributed by atoms with Crippen LogP contribution >= 0.6 is 23.2 Å². The van der Waals surface area contributed by atoms with E-state index >= 15 is 0 Å². The molecule has 3 aromatic carbocycles. The SMILES string of the molecule is O=C(Nc1ccc(C(=O)N2Cc3cccn3Cc3ccccc32)cc1Cl)c1ccccc1Cl. The van der Waals surface area contributed by atoms with E-state index in [-0.39, 0.29) is 16.8 Å². The van der Waals surface area contributed by atoms with Crippen LogP contribution in [0, 0.1) is 0 Å². The maximum absolute atomic E-state index is 13.6. The van der Waals surface area contributed by atoms with Gasteiger partial charge in [-0.1, -0.05) is 53.5 Å². The second-order valence-electron chi connectivity index (χ2n) is 7.78. The number of rotatable bonds is 3. The van der Waals surface area contributed by atoms with Crippen LogP contribution in [0.25, 0.3) is 0 Å². The summed E-state index contributed by atoms with van der Waals surface area (Å²) < 4.78 is 2.15. The average Bonchev–Trinajstić information content (AvgIpc) is 3.19. The Morgan fingerprint density at radius 3 is 2.42 bits per heavy atom. The van der Waals surface area contributed by atoms with Crippen LogP contribution in [0.5, 0.6) is 0 Å². The predicted molar refractivity (Wildman–Crippen MR) is 131 cm³/mol. The monoisotopic (exact) mass is 475 g/mol. The molecule has 33 heavy (non-hydrogen) atoms. The number of hydrogen-bond donors (Lipinski definition) is 1. The first-order valence-electron chi connectivity index (χ1n) is 10.4. The van der Waals surface area contributed by atoms with Crippen LogP contribution < -0.4 is 10.2 Å². The van der Waals surface area contributed by atoms with Gasteiger partial charge in [0.1, 0.15) is 0 Å². The van der Waals surface area contributed by atoms with Crippen molar-refractivity contribution in [3.05, 3.63) is 117 Å². The molecule has 2 heterocycles. The van der Waals surface area contributed by atoms with Gasteiger partial charge in [-0.15, -0.1) is 0 Å². The minimum Gasteiger partial charge on any atom is -0.345 e. The van der Waals surface area contributed by atoms with Crippen molar-refractivity contribution in [2.75, 3.05) is 10.2 Å². The lowest BCUT2D eigenvalue weighted by Gasteiger charge is -2.23. The van der Waals surface area contributed by atoms with E-state index in [2.05, 4.69) is 9.88 Å². The average molecular weight is 476 g/mol. The highest BCUT2D eigenvalue weighted by molar-refractivity contribution is 6.36. The van der Waals surface area contributed by atoms with Crippen LogP contribution in [0.3, 0.4) is 0 Å². The van der Waals surface area contributed by atoms with E-state index in [4.69, 9.17) is 23.2 Å². The number of carbonyl (C=O) groups excluding carboxylic acids is 2. The first-order valence-corrected chi connectivity index (χ1v) is 11.2. The number of halogens is 2. The van der Waals surface area contributed by atoms with Gasteiger partial charge in [0.25, 0.3) is 11.8 Å². The lowest BCUT2D eigenvalue weighted by molar-refractivity contribution is 0.0983. The third-order valence-corrected chi connectivity index (χ3v) is 6.34. The number of para-hydroxylation sites is 1. The molecule has 1 aliphatic rings. The van der Waals surface area contributed by atoms with E-state index < -0.39 is 0 Å². The fourth-order valence-corrected chi connectivity index (χ4v) is 4.46. The summed E-state index contributed by atoms with van der Waals surface area (Å²) in [7, 11) is 0. The molecule has 2 amide bonds.